The van der Waals surface area contributed by atoms with Gasteiger partial charge in [0.15, 0.2) is 17.5 Å². The van der Waals surface area contributed by atoms with E-state index in [4.69, 9.17) is 15.0 Å². The van der Waals surface area contributed by atoms with Gasteiger partial charge in [0.05, 0.1) is 0 Å². The number of aromatic nitrogens is 3. The van der Waals surface area contributed by atoms with Crippen LogP contribution in [0.4, 0.5) is 0 Å². The van der Waals surface area contributed by atoms with Crippen molar-refractivity contribution in [2.24, 2.45) is 0 Å². The van der Waals surface area contributed by atoms with E-state index in [9.17, 15) is 0 Å². The van der Waals surface area contributed by atoms with Crippen LogP contribution in [0, 0.1) is 0 Å². The van der Waals surface area contributed by atoms with E-state index in [2.05, 4.69) is 206 Å². The SMILES string of the molecule is c1ccc(-c2ccc(-c3nc(-c4ccc(-c5ccc6ccccc6c5)cc4)nc(-c4ccc(-c5ccc6c(c5)sc5cccc(-c7ccccc7)c56)cc4)n3)cc2)cc1. The molecular weight excluding hydrogens is 735 g/mol. The Balaban J connectivity index is 0.950. The van der Waals surface area contributed by atoms with Crippen LogP contribution in [0.5, 0.6) is 0 Å². The minimum Gasteiger partial charge on any atom is -0.208 e. The molecule has 0 fully saturated rings. The number of rotatable bonds is 7. The van der Waals surface area contributed by atoms with Crippen LogP contribution in [-0.2, 0) is 0 Å². The molecule has 0 saturated carbocycles. The van der Waals surface area contributed by atoms with Crippen LogP contribution in [0.3, 0.4) is 0 Å². The third-order valence-corrected chi connectivity index (χ3v) is 12.3. The molecular formula is C55H35N3S. The summed E-state index contributed by atoms with van der Waals surface area (Å²) < 4.78 is 2.58. The molecule has 276 valence electrons. The summed E-state index contributed by atoms with van der Waals surface area (Å²) in [6, 6.07) is 75.3. The summed E-state index contributed by atoms with van der Waals surface area (Å²) in [5, 5.41) is 5.07. The van der Waals surface area contributed by atoms with Gasteiger partial charge in [-0.1, -0.05) is 194 Å². The first-order valence-corrected chi connectivity index (χ1v) is 20.6. The highest BCUT2D eigenvalue weighted by molar-refractivity contribution is 7.26. The average molecular weight is 770 g/mol. The maximum absolute atomic E-state index is 5.09. The van der Waals surface area contributed by atoms with E-state index in [0.717, 1.165) is 33.4 Å². The van der Waals surface area contributed by atoms with E-state index in [-0.39, 0.29) is 0 Å². The molecule has 2 aromatic heterocycles. The van der Waals surface area contributed by atoms with Crippen LogP contribution in [0.25, 0.3) is 110 Å². The summed E-state index contributed by atoms with van der Waals surface area (Å²) in [4.78, 5) is 15.2. The highest BCUT2D eigenvalue weighted by Crippen LogP contribution is 2.41. The topological polar surface area (TPSA) is 38.7 Å². The zero-order valence-electron chi connectivity index (χ0n) is 32.0. The van der Waals surface area contributed by atoms with Gasteiger partial charge in [0.1, 0.15) is 0 Å². The van der Waals surface area contributed by atoms with Gasteiger partial charge in [0, 0.05) is 36.9 Å². The smallest absolute Gasteiger partial charge is 0.164 e. The number of nitrogens with zero attached hydrogens (tertiary/aromatic N) is 3. The standard InChI is InChI=1S/C55H35N3S/c1-3-10-36(11-4-1)38-18-25-42(26-19-38)53-56-54(43-27-20-39(21-28-43)46-31-24-37-12-7-8-15-45(37)34-46)58-55(57-53)44-29-22-40(23-30-44)47-32-33-49-51(35-47)59-50-17-9-16-48(52(49)50)41-13-5-2-6-14-41/h1-35H. The largest absolute Gasteiger partial charge is 0.208 e. The van der Waals surface area contributed by atoms with Crippen molar-refractivity contribution in [3.05, 3.63) is 212 Å². The molecule has 11 aromatic rings. The van der Waals surface area contributed by atoms with E-state index >= 15 is 0 Å². The van der Waals surface area contributed by atoms with Gasteiger partial charge in [-0.05, 0) is 73.5 Å². The molecule has 0 radical (unpaired) electrons. The number of thiophene rings is 1. The Morgan fingerprint density at radius 1 is 0.271 bits per heavy atom. The lowest BCUT2D eigenvalue weighted by Crippen LogP contribution is -2.00. The predicted octanol–water partition coefficient (Wildman–Crippen LogP) is 15.1. The molecule has 0 unspecified atom stereocenters. The highest BCUT2D eigenvalue weighted by Gasteiger charge is 2.15. The van der Waals surface area contributed by atoms with Gasteiger partial charge in [-0.15, -0.1) is 11.3 Å². The minimum atomic E-state index is 0.635. The van der Waals surface area contributed by atoms with E-state index in [1.54, 1.807) is 0 Å². The minimum absolute atomic E-state index is 0.635. The fourth-order valence-corrected chi connectivity index (χ4v) is 9.23. The molecule has 2 heterocycles. The highest BCUT2D eigenvalue weighted by atomic mass is 32.1. The molecule has 0 aliphatic carbocycles. The van der Waals surface area contributed by atoms with Gasteiger partial charge < -0.3 is 0 Å². The summed E-state index contributed by atoms with van der Waals surface area (Å²) in [6.07, 6.45) is 0. The maximum Gasteiger partial charge on any atom is 0.164 e. The van der Waals surface area contributed by atoms with E-state index in [0.29, 0.717) is 17.5 Å². The van der Waals surface area contributed by atoms with Gasteiger partial charge in [-0.25, -0.2) is 15.0 Å². The fraction of sp³-hybridized carbons (Fsp3) is 0. The molecule has 0 aliphatic rings. The zero-order chi connectivity index (χ0) is 39.1. The molecule has 4 heteroatoms. The van der Waals surface area contributed by atoms with Crippen LogP contribution in [-0.4, -0.2) is 15.0 Å². The van der Waals surface area contributed by atoms with Gasteiger partial charge >= 0.3 is 0 Å². The van der Waals surface area contributed by atoms with E-state index in [1.165, 1.54) is 58.8 Å². The summed E-state index contributed by atoms with van der Waals surface area (Å²) in [7, 11) is 0. The Morgan fingerprint density at radius 2 is 0.712 bits per heavy atom. The average Bonchev–Trinajstić information content (AvgIpc) is 3.70. The molecule has 0 spiro atoms. The molecule has 11 rings (SSSR count). The molecule has 0 aliphatic heterocycles. The summed E-state index contributed by atoms with van der Waals surface area (Å²) in [6.45, 7) is 0. The molecule has 0 saturated heterocycles. The van der Waals surface area contributed by atoms with Gasteiger partial charge in [0.25, 0.3) is 0 Å². The second kappa shape index (κ2) is 14.8. The van der Waals surface area contributed by atoms with Crippen molar-refractivity contribution in [3.63, 3.8) is 0 Å². The van der Waals surface area contributed by atoms with Crippen molar-refractivity contribution in [3.8, 4) is 78.7 Å². The van der Waals surface area contributed by atoms with Crippen LogP contribution < -0.4 is 0 Å². The summed E-state index contributed by atoms with van der Waals surface area (Å²) in [5.74, 6) is 1.91. The molecule has 3 nitrogen and oxygen atoms in total. The Kier molecular flexibility index (Phi) is 8.68. The molecule has 9 aromatic carbocycles. The Bertz CT molecular complexity index is 3280. The number of fused-ring (bicyclic) bond motifs is 4. The Labute approximate surface area is 346 Å². The first-order valence-electron chi connectivity index (χ1n) is 19.8. The van der Waals surface area contributed by atoms with Crippen molar-refractivity contribution in [2.75, 3.05) is 0 Å². The normalized spacial score (nSPS) is 11.4. The van der Waals surface area contributed by atoms with Gasteiger partial charge in [-0.3, -0.25) is 0 Å². The Hall–Kier alpha value is -7.53. The zero-order valence-corrected chi connectivity index (χ0v) is 32.8. The van der Waals surface area contributed by atoms with Gasteiger partial charge in [-0.2, -0.15) is 0 Å². The lowest BCUT2D eigenvalue weighted by molar-refractivity contribution is 1.07. The number of hydrogen-bond donors (Lipinski definition) is 0. The van der Waals surface area contributed by atoms with Crippen LogP contribution in [0.15, 0.2) is 212 Å². The Morgan fingerprint density at radius 3 is 1.31 bits per heavy atom. The third-order valence-electron chi connectivity index (χ3n) is 11.2. The molecule has 0 N–H and O–H groups in total. The number of hydrogen-bond acceptors (Lipinski definition) is 4. The summed E-state index contributed by atoms with van der Waals surface area (Å²) >= 11 is 1.85. The maximum atomic E-state index is 5.09. The van der Waals surface area contributed by atoms with Crippen molar-refractivity contribution in [2.45, 2.75) is 0 Å². The predicted molar refractivity (Wildman–Crippen MR) is 248 cm³/mol. The van der Waals surface area contributed by atoms with Crippen molar-refractivity contribution in [1.29, 1.82) is 0 Å². The summed E-state index contributed by atoms with van der Waals surface area (Å²) in [5.41, 5.74) is 12.3. The van der Waals surface area contributed by atoms with Gasteiger partial charge in [0.2, 0.25) is 0 Å². The van der Waals surface area contributed by atoms with Crippen LogP contribution in [0.1, 0.15) is 0 Å². The lowest BCUT2D eigenvalue weighted by Gasteiger charge is -2.11. The fourth-order valence-electron chi connectivity index (χ4n) is 8.06. The second-order valence-electron chi connectivity index (χ2n) is 14.8. The monoisotopic (exact) mass is 769 g/mol. The van der Waals surface area contributed by atoms with E-state index in [1.807, 2.05) is 17.4 Å². The lowest BCUT2D eigenvalue weighted by atomic mass is 9.98. The second-order valence-corrected chi connectivity index (χ2v) is 15.9. The molecule has 0 bridgehead atoms. The first-order chi connectivity index (χ1) is 29.2. The van der Waals surface area contributed by atoms with E-state index < -0.39 is 0 Å². The van der Waals surface area contributed by atoms with Crippen LogP contribution >= 0.6 is 11.3 Å². The van der Waals surface area contributed by atoms with Crippen LogP contribution in [0.2, 0.25) is 0 Å². The number of benzene rings is 9. The van der Waals surface area contributed by atoms with Crippen molar-refractivity contribution in [1.82, 2.24) is 15.0 Å². The molecule has 0 amide bonds. The molecule has 59 heavy (non-hydrogen) atoms. The quantitative estimate of drug-likeness (QED) is 0.162. The first kappa shape index (κ1) is 34.7. The molecule has 0 atom stereocenters. The van der Waals surface area contributed by atoms with Crippen molar-refractivity contribution < 1.29 is 0 Å². The third kappa shape index (κ3) is 6.66. The van der Waals surface area contributed by atoms with Crippen molar-refractivity contribution >= 4 is 42.3 Å².